The van der Waals surface area contributed by atoms with Crippen molar-refractivity contribution in [1.82, 2.24) is 25.5 Å². The van der Waals surface area contributed by atoms with Crippen molar-refractivity contribution in [2.75, 3.05) is 31.2 Å². The van der Waals surface area contributed by atoms with Crippen LogP contribution in [0.15, 0.2) is 80.5 Å². The number of rotatable bonds is 9. The lowest BCUT2D eigenvalue weighted by atomic mass is 10.0. The number of halogens is 1. The molecule has 0 unspecified atom stereocenters. The number of H-pyrrole nitrogens is 1. The second-order valence-electron chi connectivity index (χ2n) is 7.79. The van der Waals surface area contributed by atoms with E-state index in [9.17, 15) is 4.39 Å². The third-order valence-electron chi connectivity index (χ3n) is 5.09. The van der Waals surface area contributed by atoms with Gasteiger partial charge in [-0.25, -0.2) is 14.4 Å². The van der Waals surface area contributed by atoms with Gasteiger partial charge in [0.2, 0.25) is 5.95 Å². The van der Waals surface area contributed by atoms with Crippen molar-refractivity contribution < 1.29 is 9.13 Å². The molecule has 8 nitrogen and oxygen atoms in total. The first-order chi connectivity index (χ1) is 18.5. The third kappa shape index (κ3) is 8.01. The number of likely N-dealkylation sites (N-methyl/N-ethyl adjacent to an activating group) is 1. The third-order valence-corrected chi connectivity index (χ3v) is 5.09. The van der Waals surface area contributed by atoms with Crippen molar-refractivity contribution in [2.45, 2.75) is 20.3 Å². The molecule has 0 saturated heterocycles. The van der Waals surface area contributed by atoms with Crippen LogP contribution in [0.2, 0.25) is 0 Å². The number of allylic oxidation sites excluding steroid dienone is 1. The van der Waals surface area contributed by atoms with Crippen LogP contribution < -0.4 is 21.1 Å². The van der Waals surface area contributed by atoms with Gasteiger partial charge in [0.05, 0.1) is 11.4 Å². The summed E-state index contributed by atoms with van der Waals surface area (Å²) in [5.74, 6) is 0.732. The fraction of sp³-hybridized carbons (Fsp3) is 0.207. The van der Waals surface area contributed by atoms with Crippen molar-refractivity contribution in [3.8, 4) is 28.3 Å². The Kier molecular flexibility index (Phi) is 12.2. The van der Waals surface area contributed by atoms with E-state index in [1.54, 1.807) is 24.4 Å². The summed E-state index contributed by atoms with van der Waals surface area (Å²) in [5, 5.41) is 13.8. The molecule has 0 atom stereocenters. The minimum absolute atomic E-state index is 0.0707. The topological polar surface area (TPSA) is 114 Å². The average molecular weight is 518 g/mol. The van der Waals surface area contributed by atoms with Gasteiger partial charge in [-0.3, -0.25) is 5.10 Å². The maximum absolute atomic E-state index is 13.7. The van der Waals surface area contributed by atoms with Gasteiger partial charge in [-0.1, -0.05) is 19.1 Å². The highest BCUT2D eigenvalue weighted by atomic mass is 19.1. The highest BCUT2D eigenvalue weighted by Gasteiger charge is 2.18. The lowest BCUT2D eigenvalue weighted by Crippen LogP contribution is -2.15. The number of benzene rings is 2. The van der Waals surface area contributed by atoms with E-state index in [1.165, 1.54) is 6.07 Å². The minimum atomic E-state index is -0.461. The number of anilines is 3. The van der Waals surface area contributed by atoms with E-state index in [-0.39, 0.29) is 5.69 Å². The first-order valence-electron chi connectivity index (χ1n) is 12.2. The highest BCUT2D eigenvalue weighted by molar-refractivity contribution is 5.82. The van der Waals surface area contributed by atoms with Crippen molar-refractivity contribution in [3.63, 3.8) is 0 Å². The minimum Gasteiger partial charge on any atom is -0.492 e. The predicted octanol–water partition coefficient (Wildman–Crippen LogP) is 6.15. The van der Waals surface area contributed by atoms with E-state index in [0.717, 1.165) is 35.7 Å². The molecule has 0 fully saturated rings. The number of ether oxygens (including phenoxy) is 1. The summed E-state index contributed by atoms with van der Waals surface area (Å²) < 4.78 is 19.4. The van der Waals surface area contributed by atoms with Crippen LogP contribution in [0.25, 0.3) is 22.5 Å². The number of nitrogen functional groups attached to an aromatic ring is 1. The molecule has 2 aromatic carbocycles. The van der Waals surface area contributed by atoms with E-state index >= 15 is 0 Å². The van der Waals surface area contributed by atoms with Gasteiger partial charge in [-0.15, -0.1) is 19.7 Å². The van der Waals surface area contributed by atoms with Gasteiger partial charge in [0.25, 0.3) is 0 Å². The number of nitrogens with one attached hydrogen (secondary N) is 3. The first kappa shape index (κ1) is 29.7. The van der Waals surface area contributed by atoms with E-state index in [0.29, 0.717) is 29.5 Å². The van der Waals surface area contributed by atoms with Crippen molar-refractivity contribution in [1.29, 1.82) is 0 Å². The van der Waals surface area contributed by atoms with Crippen LogP contribution >= 0.6 is 0 Å². The number of nitrogens with two attached hydrogens (primary N) is 1. The van der Waals surface area contributed by atoms with Crippen LogP contribution in [0.4, 0.5) is 21.7 Å². The summed E-state index contributed by atoms with van der Waals surface area (Å²) in [7, 11) is 1.88. The summed E-state index contributed by atoms with van der Waals surface area (Å²) >= 11 is 0. The van der Waals surface area contributed by atoms with Crippen LogP contribution in [0.3, 0.4) is 0 Å². The van der Waals surface area contributed by atoms with Crippen LogP contribution in [-0.4, -0.2) is 40.4 Å². The Balaban J connectivity index is 0.000000947. The highest BCUT2D eigenvalue weighted by Crippen LogP contribution is 2.34. The van der Waals surface area contributed by atoms with E-state index in [1.807, 2.05) is 51.2 Å². The molecule has 0 saturated carbocycles. The van der Waals surface area contributed by atoms with E-state index < -0.39 is 5.82 Å². The molecule has 0 aliphatic rings. The molecule has 0 spiro atoms. The number of hydrogen-bond acceptors (Lipinski definition) is 7. The molecule has 0 radical (unpaired) electrons. The number of nitrogens with zero attached hydrogens (tertiary/aromatic N) is 3. The molecule has 9 heteroatoms. The summed E-state index contributed by atoms with van der Waals surface area (Å²) in [6, 6.07) is 14.0. The van der Waals surface area contributed by atoms with Gasteiger partial charge >= 0.3 is 0 Å². The zero-order valence-electron chi connectivity index (χ0n) is 22.2. The van der Waals surface area contributed by atoms with Gasteiger partial charge in [0.1, 0.15) is 23.9 Å². The van der Waals surface area contributed by atoms with Gasteiger partial charge in [-0.05, 0) is 56.8 Å². The molecule has 38 heavy (non-hydrogen) atoms. The smallest absolute Gasteiger partial charge is 0.227 e. The number of hydrogen-bond donors (Lipinski definition) is 4. The molecule has 0 aliphatic heterocycles. The summed E-state index contributed by atoms with van der Waals surface area (Å²) in [6.07, 6.45) is 4.16. The van der Waals surface area contributed by atoms with Crippen LogP contribution in [0.5, 0.6) is 5.75 Å². The molecule has 5 N–H and O–H groups in total. The van der Waals surface area contributed by atoms with Crippen LogP contribution in [0.1, 0.15) is 19.5 Å². The number of aryl methyl sites for hydroxylation is 1. The van der Waals surface area contributed by atoms with E-state index in [2.05, 4.69) is 45.6 Å². The molecular weight excluding hydrogens is 481 g/mol. The molecule has 2 heterocycles. The second-order valence-corrected chi connectivity index (χ2v) is 7.79. The van der Waals surface area contributed by atoms with Crippen LogP contribution in [0, 0.1) is 5.82 Å². The second kappa shape index (κ2) is 15.6. The van der Waals surface area contributed by atoms with Crippen LogP contribution in [-0.2, 0) is 6.42 Å². The van der Waals surface area contributed by atoms with Gasteiger partial charge < -0.3 is 21.1 Å². The number of aromatic nitrogens is 4. The zero-order valence-corrected chi connectivity index (χ0v) is 22.2. The predicted molar refractivity (Wildman–Crippen MR) is 155 cm³/mol. The summed E-state index contributed by atoms with van der Waals surface area (Å²) in [4.78, 5) is 9.07. The van der Waals surface area contributed by atoms with Crippen molar-refractivity contribution in [2.24, 2.45) is 0 Å². The molecule has 0 aliphatic carbocycles. The maximum atomic E-state index is 13.7. The average Bonchev–Trinajstić information content (AvgIpc) is 3.37. The van der Waals surface area contributed by atoms with Crippen molar-refractivity contribution >= 4 is 17.3 Å². The Morgan fingerprint density at radius 1 is 1.16 bits per heavy atom. The molecule has 0 bridgehead atoms. The molecule has 200 valence electrons. The SMILES string of the molecule is C=C.C=CC.CCc1[nH]nc(-c2ccc(F)c(N)c2)c1-c1ccnc(Nc2cccc(OCCNC)c2)n1. The summed E-state index contributed by atoms with van der Waals surface area (Å²) in [6.45, 7) is 14.6. The molecular formula is C29H36FN7O. The largest absolute Gasteiger partial charge is 0.492 e. The summed E-state index contributed by atoms with van der Waals surface area (Å²) in [5.41, 5.74) is 10.5. The first-order valence-corrected chi connectivity index (χ1v) is 12.2. The Hall–Kier alpha value is -4.50. The lowest BCUT2D eigenvalue weighted by molar-refractivity contribution is 0.318. The Labute approximate surface area is 223 Å². The normalized spacial score (nSPS) is 9.89. The van der Waals surface area contributed by atoms with E-state index in [4.69, 9.17) is 15.5 Å². The fourth-order valence-electron chi connectivity index (χ4n) is 3.43. The van der Waals surface area contributed by atoms with Gasteiger partial charge in [0, 0.05) is 41.3 Å². The van der Waals surface area contributed by atoms with Gasteiger partial charge in [-0.2, -0.15) is 5.10 Å². The lowest BCUT2D eigenvalue weighted by Gasteiger charge is -2.10. The quantitative estimate of drug-likeness (QED) is 0.120. The Morgan fingerprint density at radius 2 is 1.92 bits per heavy atom. The number of aromatic amines is 1. The maximum Gasteiger partial charge on any atom is 0.227 e. The standard InChI is InChI=1S/C24H26FN7O.C3H6.C2H4/c1-3-20-22(23(32-31-20)15-7-8-18(25)19(26)13-15)21-9-10-28-24(30-21)29-16-5-4-6-17(14-16)33-12-11-27-2;1-3-2;1-2/h4-10,13-14,27H,3,11-12,26H2,1-2H3,(H,31,32)(H,28,29,30);3H,1H2,2H3;1-2H2. The molecule has 2 aromatic heterocycles. The molecule has 4 aromatic rings. The Morgan fingerprint density at radius 3 is 2.61 bits per heavy atom. The molecule has 0 amide bonds. The fourth-order valence-corrected chi connectivity index (χ4v) is 3.43. The Bertz CT molecular complexity index is 1310. The monoisotopic (exact) mass is 517 g/mol. The molecule has 4 rings (SSSR count). The van der Waals surface area contributed by atoms with Gasteiger partial charge in [0.15, 0.2) is 0 Å². The van der Waals surface area contributed by atoms with Crippen molar-refractivity contribution in [3.05, 3.63) is 92.1 Å². The zero-order chi connectivity index (χ0) is 27.9.